The van der Waals surface area contributed by atoms with Crippen molar-refractivity contribution >= 4 is 5.97 Å². The predicted molar refractivity (Wildman–Crippen MR) is 36.9 cm³/mol. The number of aliphatic hydroxyl groups excluding tert-OH is 1. The van der Waals surface area contributed by atoms with Crippen molar-refractivity contribution < 1.29 is 19.4 Å². The first-order valence-corrected chi connectivity index (χ1v) is 3.51. The number of carbonyl (C=O) groups is 1. The number of aliphatic hydroxyl groups is 1. The summed E-state index contributed by atoms with van der Waals surface area (Å²) in [5, 5.41) is 9.08. The maximum absolute atomic E-state index is 10.3. The number of carbonyl (C=O) groups excluding carboxylic acids is 1. The summed E-state index contributed by atoms with van der Waals surface area (Å²) in [5.74, 6) is -0.345. The van der Waals surface area contributed by atoms with E-state index in [1.165, 1.54) is 14.0 Å². The molecule has 4 heteroatoms. The molecular weight excluding hydrogens is 148 g/mol. The van der Waals surface area contributed by atoms with Crippen molar-refractivity contribution in [3.63, 3.8) is 0 Å². The van der Waals surface area contributed by atoms with Gasteiger partial charge >= 0.3 is 5.97 Å². The van der Waals surface area contributed by atoms with Crippen LogP contribution in [0.2, 0.25) is 0 Å². The molecule has 4 nitrogen and oxygen atoms in total. The highest BCUT2D eigenvalue weighted by atomic mass is 16.5. The van der Waals surface area contributed by atoms with E-state index in [1.807, 2.05) is 0 Å². The van der Waals surface area contributed by atoms with Crippen molar-refractivity contribution in [2.75, 3.05) is 13.7 Å². The number of ether oxygens (including phenoxy) is 2. The monoisotopic (exact) mass is 160 g/mol. The Bertz CT molecular complexity index is 157. The van der Waals surface area contributed by atoms with Crippen LogP contribution in [-0.2, 0) is 14.3 Å². The molecule has 0 radical (unpaired) electrons. The molecule has 0 aromatic heterocycles. The molecule has 1 saturated carbocycles. The zero-order chi connectivity index (χ0) is 8.43. The van der Waals surface area contributed by atoms with Crippen LogP contribution >= 0.6 is 0 Å². The van der Waals surface area contributed by atoms with E-state index in [0.717, 1.165) is 0 Å². The summed E-state index contributed by atoms with van der Waals surface area (Å²) in [6.07, 6.45) is -0.603. The van der Waals surface area contributed by atoms with Gasteiger partial charge in [0.2, 0.25) is 0 Å². The number of methoxy groups -OCH3 is 1. The van der Waals surface area contributed by atoms with Crippen LogP contribution in [0, 0.1) is 5.92 Å². The maximum atomic E-state index is 10.3. The largest absolute Gasteiger partial charge is 0.465 e. The molecule has 0 aliphatic heterocycles. The normalized spacial score (nSPS) is 35.0. The molecular formula is C7H12O4. The van der Waals surface area contributed by atoms with Crippen LogP contribution in [-0.4, -0.2) is 37.0 Å². The molecule has 1 aliphatic rings. The summed E-state index contributed by atoms with van der Waals surface area (Å²) in [4.78, 5) is 10.3. The minimum absolute atomic E-state index is 0.0242. The average molecular weight is 160 g/mol. The summed E-state index contributed by atoms with van der Waals surface area (Å²) >= 11 is 0. The molecule has 64 valence electrons. The standard InChI is InChI=1S/C7H12O4/c1-4(8)11-3-5-6(9)7(5)10-2/h5-7,9H,3H2,1-2H3. The highest BCUT2D eigenvalue weighted by Gasteiger charge is 2.50. The maximum Gasteiger partial charge on any atom is 0.302 e. The summed E-state index contributed by atoms with van der Waals surface area (Å²) in [6, 6.07) is 0. The Morgan fingerprint density at radius 2 is 2.27 bits per heavy atom. The summed E-state index contributed by atoms with van der Waals surface area (Å²) in [7, 11) is 1.53. The van der Waals surface area contributed by atoms with E-state index in [9.17, 15) is 4.79 Å². The lowest BCUT2D eigenvalue weighted by Crippen LogP contribution is -2.05. The first kappa shape index (κ1) is 8.49. The zero-order valence-corrected chi connectivity index (χ0v) is 6.61. The molecule has 1 N–H and O–H groups in total. The van der Waals surface area contributed by atoms with Gasteiger partial charge in [-0.2, -0.15) is 0 Å². The third-order valence-corrected chi connectivity index (χ3v) is 1.81. The van der Waals surface area contributed by atoms with Gasteiger partial charge in [-0.15, -0.1) is 0 Å². The third kappa shape index (κ3) is 1.91. The highest BCUT2D eigenvalue weighted by Crippen LogP contribution is 2.33. The van der Waals surface area contributed by atoms with Crippen LogP contribution in [0.15, 0.2) is 0 Å². The van der Waals surface area contributed by atoms with Crippen molar-refractivity contribution in [1.29, 1.82) is 0 Å². The van der Waals surface area contributed by atoms with Gasteiger partial charge in [0.05, 0.1) is 24.7 Å². The molecule has 0 saturated heterocycles. The molecule has 3 unspecified atom stereocenters. The molecule has 0 aromatic carbocycles. The van der Waals surface area contributed by atoms with Crippen LogP contribution in [0.4, 0.5) is 0 Å². The summed E-state index contributed by atoms with van der Waals surface area (Å²) in [6.45, 7) is 1.60. The summed E-state index contributed by atoms with van der Waals surface area (Å²) < 4.78 is 9.57. The van der Waals surface area contributed by atoms with Crippen LogP contribution in [0.25, 0.3) is 0 Å². The topological polar surface area (TPSA) is 55.8 Å². The smallest absolute Gasteiger partial charge is 0.302 e. The van der Waals surface area contributed by atoms with Crippen molar-refractivity contribution in [3.8, 4) is 0 Å². The van der Waals surface area contributed by atoms with Crippen molar-refractivity contribution in [2.24, 2.45) is 5.92 Å². The average Bonchev–Trinajstić information content (AvgIpc) is 2.56. The SMILES string of the molecule is COC1C(O)C1COC(C)=O. The number of hydrogen-bond donors (Lipinski definition) is 1. The first-order chi connectivity index (χ1) is 5.16. The Hall–Kier alpha value is -0.610. The minimum Gasteiger partial charge on any atom is -0.465 e. The van der Waals surface area contributed by atoms with Crippen LogP contribution < -0.4 is 0 Å². The minimum atomic E-state index is -0.459. The fourth-order valence-corrected chi connectivity index (χ4v) is 1.05. The molecule has 0 spiro atoms. The van der Waals surface area contributed by atoms with Gasteiger partial charge in [-0.3, -0.25) is 4.79 Å². The van der Waals surface area contributed by atoms with E-state index in [2.05, 4.69) is 4.74 Å². The Kier molecular flexibility index (Phi) is 2.46. The number of rotatable bonds is 3. The van der Waals surface area contributed by atoms with Crippen LogP contribution in [0.1, 0.15) is 6.92 Å². The highest BCUT2D eigenvalue weighted by molar-refractivity contribution is 5.65. The van der Waals surface area contributed by atoms with Crippen LogP contribution in [0.3, 0.4) is 0 Å². The zero-order valence-electron chi connectivity index (χ0n) is 6.61. The second-order valence-electron chi connectivity index (χ2n) is 2.66. The second-order valence-corrected chi connectivity index (χ2v) is 2.66. The van der Waals surface area contributed by atoms with Crippen LogP contribution in [0.5, 0.6) is 0 Å². The van der Waals surface area contributed by atoms with Gasteiger partial charge in [-0.05, 0) is 0 Å². The fourth-order valence-electron chi connectivity index (χ4n) is 1.05. The van der Waals surface area contributed by atoms with Crippen molar-refractivity contribution in [2.45, 2.75) is 19.1 Å². The Morgan fingerprint density at radius 3 is 2.64 bits per heavy atom. The quantitative estimate of drug-likeness (QED) is 0.568. The predicted octanol–water partition coefficient (Wildman–Crippen LogP) is -0.445. The third-order valence-electron chi connectivity index (χ3n) is 1.81. The summed E-state index contributed by atoms with van der Waals surface area (Å²) in [5.41, 5.74) is 0. The van der Waals surface area contributed by atoms with Gasteiger partial charge in [-0.1, -0.05) is 0 Å². The van der Waals surface area contributed by atoms with Gasteiger partial charge < -0.3 is 14.6 Å². The number of esters is 1. The molecule has 1 rings (SSSR count). The van der Waals surface area contributed by atoms with E-state index >= 15 is 0 Å². The van der Waals surface area contributed by atoms with E-state index in [1.54, 1.807) is 0 Å². The van der Waals surface area contributed by atoms with Gasteiger partial charge in [0, 0.05) is 14.0 Å². The molecule has 0 bridgehead atoms. The van der Waals surface area contributed by atoms with E-state index < -0.39 is 6.10 Å². The number of hydrogen-bond acceptors (Lipinski definition) is 4. The molecule has 0 amide bonds. The Labute approximate surface area is 65.1 Å². The lowest BCUT2D eigenvalue weighted by atomic mass is 10.4. The Morgan fingerprint density at radius 1 is 1.64 bits per heavy atom. The second kappa shape index (κ2) is 3.19. The lowest BCUT2D eigenvalue weighted by Gasteiger charge is -1.97. The van der Waals surface area contributed by atoms with Gasteiger partial charge in [0.1, 0.15) is 0 Å². The molecule has 0 heterocycles. The molecule has 11 heavy (non-hydrogen) atoms. The molecule has 0 aromatic rings. The van der Waals surface area contributed by atoms with E-state index in [4.69, 9.17) is 9.84 Å². The first-order valence-electron chi connectivity index (χ1n) is 3.51. The lowest BCUT2D eigenvalue weighted by molar-refractivity contribution is -0.141. The van der Waals surface area contributed by atoms with Crippen molar-refractivity contribution in [3.05, 3.63) is 0 Å². The Balaban J connectivity index is 2.15. The van der Waals surface area contributed by atoms with Crippen molar-refractivity contribution in [1.82, 2.24) is 0 Å². The molecule has 1 aliphatic carbocycles. The van der Waals surface area contributed by atoms with E-state index in [-0.39, 0.29) is 24.6 Å². The van der Waals surface area contributed by atoms with Gasteiger partial charge in [-0.25, -0.2) is 0 Å². The molecule has 3 atom stereocenters. The van der Waals surface area contributed by atoms with Gasteiger partial charge in [0.15, 0.2) is 0 Å². The van der Waals surface area contributed by atoms with Gasteiger partial charge in [0.25, 0.3) is 0 Å². The molecule has 1 fully saturated rings. The van der Waals surface area contributed by atoms with E-state index in [0.29, 0.717) is 0 Å². The fraction of sp³-hybridized carbons (Fsp3) is 0.857.